The lowest BCUT2D eigenvalue weighted by molar-refractivity contribution is -0.132. The molecule has 1 fully saturated rings. The third kappa shape index (κ3) is 4.26. The zero-order chi connectivity index (χ0) is 17.7. The summed E-state index contributed by atoms with van der Waals surface area (Å²) in [5, 5.41) is 0.639. The van der Waals surface area contributed by atoms with E-state index in [1.165, 1.54) is 9.80 Å². The summed E-state index contributed by atoms with van der Waals surface area (Å²) < 4.78 is 0. The fourth-order valence-electron chi connectivity index (χ4n) is 2.64. The van der Waals surface area contributed by atoms with Crippen LogP contribution in [0.25, 0.3) is 0 Å². The highest BCUT2D eigenvalue weighted by atomic mass is 35.5. The molecule has 6 nitrogen and oxygen atoms in total. The van der Waals surface area contributed by atoms with Gasteiger partial charge in [-0.25, -0.2) is 4.79 Å². The van der Waals surface area contributed by atoms with Gasteiger partial charge in [0.05, 0.1) is 0 Å². The SMILES string of the molecule is CCN(Cc1ccccc1Cl)C(=O)CCCN1C(=O)CN(C)C1=O. The van der Waals surface area contributed by atoms with Crippen molar-refractivity contribution in [1.29, 1.82) is 0 Å². The molecule has 1 aliphatic rings. The quantitative estimate of drug-likeness (QED) is 0.708. The van der Waals surface area contributed by atoms with Crippen molar-refractivity contribution in [2.24, 2.45) is 0 Å². The van der Waals surface area contributed by atoms with Crippen LogP contribution in [0.15, 0.2) is 24.3 Å². The number of hydrogen-bond acceptors (Lipinski definition) is 3. The predicted molar refractivity (Wildman–Crippen MR) is 91.5 cm³/mol. The maximum atomic E-state index is 12.4. The maximum absolute atomic E-state index is 12.4. The molecule has 2 rings (SSSR count). The van der Waals surface area contributed by atoms with Crippen LogP contribution in [-0.4, -0.2) is 59.2 Å². The summed E-state index contributed by atoms with van der Waals surface area (Å²) >= 11 is 6.14. The largest absolute Gasteiger partial charge is 0.339 e. The third-order valence-electron chi connectivity index (χ3n) is 4.06. The number of likely N-dealkylation sites (N-methyl/N-ethyl adjacent to an activating group) is 1. The average molecular weight is 352 g/mol. The zero-order valence-corrected chi connectivity index (χ0v) is 14.8. The minimum Gasteiger partial charge on any atom is -0.339 e. The summed E-state index contributed by atoms with van der Waals surface area (Å²) in [5.74, 6) is -0.219. The number of amides is 4. The normalized spacial score (nSPS) is 14.5. The fraction of sp³-hybridized carbons (Fsp3) is 0.471. The van der Waals surface area contributed by atoms with Crippen LogP contribution in [0.3, 0.4) is 0 Å². The molecule has 1 aromatic rings. The van der Waals surface area contributed by atoms with Gasteiger partial charge < -0.3 is 9.80 Å². The molecule has 0 atom stereocenters. The second-order valence-corrected chi connectivity index (χ2v) is 6.19. The van der Waals surface area contributed by atoms with Crippen molar-refractivity contribution in [3.8, 4) is 0 Å². The van der Waals surface area contributed by atoms with Gasteiger partial charge in [0.15, 0.2) is 0 Å². The summed E-state index contributed by atoms with van der Waals surface area (Å²) in [7, 11) is 1.59. The molecular weight excluding hydrogens is 330 g/mol. The minimum absolute atomic E-state index is 0.00938. The van der Waals surface area contributed by atoms with E-state index in [4.69, 9.17) is 11.6 Å². The van der Waals surface area contributed by atoms with Gasteiger partial charge in [0.1, 0.15) is 6.54 Å². The van der Waals surface area contributed by atoms with Gasteiger partial charge in [-0.15, -0.1) is 0 Å². The first-order valence-corrected chi connectivity index (χ1v) is 8.38. The first-order valence-electron chi connectivity index (χ1n) is 8.00. The topological polar surface area (TPSA) is 60.9 Å². The predicted octanol–water partition coefficient (Wildman–Crippen LogP) is 2.36. The van der Waals surface area contributed by atoms with Crippen molar-refractivity contribution in [3.05, 3.63) is 34.9 Å². The lowest BCUT2D eigenvalue weighted by Crippen LogP contribution is -2.34. The summed E-state index contributed by atoms with van der Waals surface area (Å²) in [6.45, 7) is 3.34. The van der Waals surface area contributed by atoms with Gasteiger partial charge in [-0.1, -0.05) is 29.8 Å². The Labute approximate surface area is 147 Å². The Morgan fingerprint density at radius 1 is 1.29 bits per heavy atom. The molecule has 1 heterocycles. The zero-order valence-electron chi connectivity index (χ0n) is 14.0. The summed E-state index contributed by atoms with van der Waals surface area (Å²) in [6.07, 6.45) is 0.752. The second kappa shape index (κ2) is 8.15. The Morgan fingerprint density at radius 3 is 2.58 bits per heavy atom. The van der Waals surface area contributed by atoms with Crippen LogP contribution in [0, 0.1) is 0 Å². The van der Waals surface area contributed by atoms with Crippen molar-refractivity contribution in [3.63, 3.8) is 0 Å². The number of benzene rings is 1. The minimum atomic E-state index is -0.295. The van der Waals surface area contributed by atoms with Gasteiger partial charge in [0, 0.05) is 38.1 Å². The highest BCUT2D eigenvalue weighted by Crippen LogP contribution is 2.18. The van der Waals surface area contributed by atoms with Gasteiger partial charge in [0.2, 0.25) is 11.8 Å². The van der Waals surface area contributed by atoms with Gasteiger partial charge >= 0.3 is 6.03 Å². The van der Waals surface area contributed by atoms with E-state index in [9.17, 15) is 14.4 Å². The summed E-state index contributed by atoms with van der Waals surface area (Å²) in [5.41, 5.74) is 0.904. The van der Waals surface area contributed by atoms with Gasteiger partial charge in [-0.3, -0.25) is 14.5 Å². The molecule has 0 N–H and O–H groups in total. The molecule has 7 heteroatoms. The molecule has 0 aliphatic carbocycles. The Balaban J connectivity index is 1.85. The Kier molecular flexibility index (Phi) is 6.20. The standard InChI is InChI=1S/C17H22ClN3O3/c1-3-20(11-13-7-4-5-8-14(13)18)15(22)9-6-10-21-16(23)12-19(2)17(21)24/h4-5,7-8H,3,6,9-12H2,1-2H3. The van der Waals surface area contributed by atoms with E-state index < -0.39 is 0 Å². The van der Waals surface area contributed by atoms with Gasteiger partial charge in [0.25, 0.3) is 0 Å². The van der Waals surface area contributed by atoms with Crippen LogP contribution >= 0.6 is 11.6 Å². The first-order chi connectivity index (χ1) is 11.4. The smallest absolute Gasteiger partial charge is 0.326 e. The number of urea groups is 1. The maximum Gasteiger partial charge on any atom is 0.326 e. The molecule has 0 bridgehead atoms. The van der Waals surface area contributed by atoms with E-state index in [1.54, 1.807) is 18.0 Å². The summed E-state index contributed by atoms with van der Waals surface area (Å²) in [4.78, 5) is 40.2. The van der Waals surface area contributed by atoms with Crippen molar-refractivity contribution in [2.75, 3.05) is 26.7 Å². The van der Waals surface area contributed by atoms with Gasteiger partial charge in [-0.05, 0) is 25.0 Å². The molecule has 1 saturated heterocycles. The monoisotopic (exact) mass is 351 g/mol. The van der Waals surface area contributed by atoms with E-state index in [0.717, 1.165) is 5.56 Å². The van der Waals surface area contributed by atoms with Crippen LogP contribution in [0.2, 0.25) is 5.02 Å². The molecule has 0 saturated carbocycles. The fourth-order valence-corrected chi connectivity index (χ4v) is 2.84. The number of halogens is 1. The number of hydrogen-bond donors (Lipinski definition) is 0. The first kappa shape index (κ1) is 18.3. The molecule has 0 radical (unpaired) electrons. The van der Waals surface area contributed by atoms with Gasteiger partial charge in [-0.2, -0.15) is 0 Å². The lowest BCUT2D eigenvalue weighted by Gasteiger charge is -2.22. The van der Waals surface area contributed by atoms with E-state index >= 15 is 0 Å². The van der Waals surface area contributed by atoms with Crippen LogP contribution in [0.1, 0.15) is 25.3 Å². The Bertz CT molecular complexity index is 635. The average Bonchev–Trinajstić information content (AvgIpc) is 2.80. The van der Waals surface area contributed by atoms with E-state index in [-0.39, 0.29) is 30.9 Å². The Morgan fingerprint density at radius 2 is 2.00 bits per heavy atom. The Hall–Kier alpha value is -2.08. The van der Waals surface area contributed by atoms with Crippen molar-refractivity contribution in [2.45, 2.75) is 26.3 Å². The third-order valence-corrected chi connectivity index (χ3v) is 4.43. The molecule has 24 heavy (non-hydrogen) atoms. The molecular formula is C17H22ClN3O3. The molecule has 1 aromatic carbocycles. The molecule has 0 spiro atoms. The van der Waals surface area contributed by atoms with Crippen molar-refractivity contribution in [1.82, 2.24) is 14.7 Å². The van der Waals surface area contributed by atoms with Crippen LogP contribution in [-0.2, 0) is 16.1 Å². The van der Waals surface area contributed by atoms with E-state index in [0.29, 0.717) is 31.0 Å². The summed E-state index contributed by atoms with van der Waals surface area (Å²) in [6, 6.07) is 7.15. The number of imide groups is 1. The number of carbonyl (C=O) groups is 3. The molecule has 0 unspecified atom stereocenters. The second-order valence-electron chi connectivity index (χ2n) is 5.79. The molecule has 130 valence electrons. The number of nitrogens with zero attached hydrogens (tertiary/aromatic N) is 3. The number of rotatable bonds is 7. The van der Waals surface area contributed by atoms with E-state index in [2.05, 4.69) is 0 Å². The lowest BCUT2D eigenvalue weighted by atomic mass is 10.2. The highest BCUT2D eigenvalue weighted by Gasteiger charge is 2.32. The van der Waals surface area contributed by atoms with E-state index in [1.807, 2.05) is 25.1 Å². The van der Waals surface area contributed by atoms with Crippen LogP contribution in [0.5, 0.6) is 0 Å². The van der Waals surface area contributed by atoms with Crippen LogP contribution < -0.4 is 0 Å². The molecule has 0 aromatic heterocycles. The van der Waals surface area contributed by atoms with Crippen LogP contribution in [0.4, 0.5) is 4.79 Å². The molecule has 4 amide bonds. The van der Waals surface area contributed by atoms with Crippen molar-refractivity contribution < 1.29 is 14.4 Å². The molecule has 1 aliphatic heterocycles. The van der Waals surface area contributed by atoms with Crippen molar-refractivity contribution >= 4 is 29.4 Å². The highest BCUT2D eigenvalue weighted by molar-refractivity contribution is 6.31. The number of carbonyl (C=O) groups excluding carboxylic acids is 3.